The summed E-state index contributed by atoms with van der Waals surface area (Å²) < 4.78 is 5.64. The molecular weight excluding hydrogens is 372 g/mol. The summed E-state index contributed by atoms with van der Waals surface area (Å²) in [6, 6.07) is 16.8. The van der Waals surface area contributed by atoms with Gasteiger partial charge < -0.3 is 4.74 Å². The summed E-state index contributed by atoms with van der Waals surface area (Å²) in [5.74, 6) is 0.481. The van der Waals surface area contributed by atoms with E-state index in [1.807, 2.05) is 35.7 Å². The molecule has 26 heavy (non-hydrogen) atoms. The maximum Gasteiger partial charge on any atom is 0.249 e. The van der Waals surface area contributed by atoms with E-state index in [-0.39, 0.29) is 12.3 Å². The third-order valence-corrected chi connectivity index (χ3v) is 4.51. The molecule has 0 spiro atoms. The Morgan fingerprint density at radius 3 is 2.62 bits per heavy atom. The average molecular weight is 389 g/mol. The van der Waals surface area contributed by atoms with Crippen molar-refractivity contribution in [3.8, 4) is 5.75 Å². The minimum Gasteiger partial charge on any atom is -0.486 e. The van der Waals surface area contributed by atoms with Gasteiger partial charge in [-0.1, -0.05) is 41.9 Å². The summed E-state index contributed by atoms with van der Waals surface area (Å²) in [4.78, 5) is 21.5. The van der Waals surface area contributed by atoms with Crippen molar-refractivity contribution in [3.05, 3.63) is 81.3 Å². The zero-order valence-electron chi connectivity index (χ0n) is 13.9. The van der Waals surface area contributed by atoms with Crippen LogP contribution >= 0.6 is 22.9 Å². The van der Waals surface area contributed by atoms with Crippen molar-refractivity contribution in [3.63, 3.8) is 0 Å². The predicted octanol–water partition coefficient (Wildman–Crippen LogP) is 4.17. The van der Waals surface area contributed by atoms with Crippen molar-refractivity contribution >= 4 is 28.8 Å². The average Bonchev–Trinajstić information content (AvgIpc) is 3.09. The highest BCUT2D eigenvalue weighted by Gasteiger charge is 2.08. The summed E-state index contributed by atoms with van der Waals surface area (Å²) in [7, 11) is 0. The van der Waals surface area contributed by atoms with Gasteiger partial charge in [0.25, 0.3) is 0 Å². The Balaban J connectivity index is 1.41. The van der Waals surface area contributed by atoms with E-state index in [0.717, 1.165) is 16.3 Å². The number of halogens is 1. The lowest BCUT2D eigenvalue weighted by molar-refractivity contribution is -0.133. The van der Waals surface area contributed by atoms with Gasteiger partial charge in [0.1, 0.15) is 17.4 Å². The summed E-state index contributed by atoms with van der Waals surface area (Å²) >= 11 is 7.29. The van der Waals surface area contributed by atoms with E-state index in [1.165, 1.54) is 11.3 Å². The highest BCUT2D eigenvalue weighted by molar-refractivity contribution is 7.09. The summed E-state index contributed by atoms with van der Waals surface area (Å²) in [6.07, 6.45) is 0.159. The number of carbonyl (C=O) groups is 1. The number of rotatable bonds is 8. The summed E-state index contributed by atoms with van der Waals surface area (Å²) in [6.45, 7) is 0.669. The quantitative estimate of drug-likeness (QED) is 0.588. The molecule has 0 radical (unpaired) electrons. The fourth-order valence-electron chi connectivity index (χ4n) is 2.15. The molecule has 1 heterocycles. The fraction of sp³-hybridized carbons (Fsp3) is 0.158. The maximum atomic E-state index is 11.9. The van der Waals surface area contributed by atoms with Crippen molar-refractivity contribution in [2.24, 2.45) is 0 Å². The standard InChI is InChI=1S/C19H17ClN2O3S/c20-15-6-8-17(9-7-15)24-12-19-21-16(13-26-19)10-18(23)22-25-11-14-4-2-1-3-5-14/h1-9,13H,10-12H2,(H,22,23). The van der Waals surface area contributed by atoms with E-state index in [0.29, 0.717) is 23.9 Å². The maximum absolute atomic E-state index is 11.9. The van der Waals surface area contributed by atoms with Gasteiger partial charge in [-0.2, -0.15) is 0 Å². The first kappa shape index (κ1) is 18.4. The highest BCUT2D eigenvalue weighted by atomic mass is 35.5. The number of carbonyl (C=O) groups excluding carboxylic acids is 1. The summed E-state index contributed by atoms with van der Waals surface area (Å²) in [5, 5.41) is 3.31. The molecule has 5 nitrogen and oxygen atoms in total. The van der Waals surface area contributed by atoms with Crippen LogP contribution in [-0.2, 0) is 29.3 Å². The normalized spacial score (nSPS) is 10.5. The van der Waals surface area contributed by atoms with Crippen LogP contribution in [0.5, 0.6) is 5.75 Å². The monoisotopic (exact) mass is 388 g/mol. The Morgan fingerprint density at radius 2 is 1.85 bits per heavy atom. The Morgan fingerprint density at radius 1 is 1.08 bits per heavy atom. The molecule has 0 unspecified atom stereocenters. The number of hydrogen-bond donors (Lipinski definition) is 1. The Kier molecular flexibility index (Phi) is 6.60. The smallest absolute Gasteiger partial charge is 0.249 e. The van der Waals surface area contributed by atoms with Crippen LogP contribution in [0.3, 0.4) is 0 Å². The van der Waals surface area contributed by atoms with Crippen LogP contribution in [0.15, 0.2) is 60.0 Å². The van der Waals surface area contributed by atoms with Crippen molar-refractivity contribution in [2.75, 3.05) is 0 Å². The SMILES string of the molecule is O=C(Cc1csc(COc2ccc(Cl)cc2)n1)NOCc1ccccc1. The third kappa shape index (κ3) is 5.84. The third-order valence-electron chi connectivity index (χ3n) is 3.38. The largest absolute Gasteiger partial charge is 0.486 e. The lowest BCUT2D eigenvalue weighted by Crippen LogP contribution is -2.25. The molecular formula is C19H17ClN2O3S. The number of nitrogens with zero attached hydrogens (tertiary/aromatic N) is 1. The van der Waals surface area contributed by atoms with Gasteiger partial charge in [0.2, 0.25) is 5.91 Å². The van der Waals surface area contributed by atoms with Crippen LogP contribution in [0.1, 0.15) is 16.3 Å². The van der Waals surface area contributed by atoms with E-state index in [4.69, 9.17) is 21.2 Å². The fourth-order valence-corrected chi connectivity index (χ4v) is 2.98. The molecule has 3 rings (SSSR count). The molecule has 0 saturated carbocycles. The number of ether oxygens (including phenoxy) is 1. The second-order valence-corrected chi connectivity index (χ2v) is 6.83. The molecule has 0 atom stereocenters. The number of nitrogens with one attached hydrogen (secondary N) is 1. The van der Waals surface area contributed by atoms with Gasteiger partial charge in [-0.05, 0) is 29.8 Å². The first-order valence-electron chi connectivity index (χ1n) is 7.95. The number of benzene rings is 2. The topological polar surface area (TPSA) is 60.5 Å². The molecule has 0 aliphatic heterocycles. The number of thiazole rings is 1. The van der Waals surface area contributed by atoms with E-state index in [2.05, 4.69) is 10.5 Å². The van der Waals surface area contributed by atoms with Crippen molar-refractivity contribution < 1.29 is 14.4 Å². The zero-order valence-corrected chi connectivity index (χ0v) is 15.4. The number of hydroxylamine groups is 1. The molecule has 0 aliphatic carbocycles. The van der Waals surface area contributed by atoms with Gasteiger partial charge in [0.15, 0.2) is 0 Å². The molecule has 134 valence electrons. The van der Waals surface area contributed by atoms with E-state index < -0.39 is 0 Å². The Bertz CT molecular complexity index is 838. The van der Waals surface area contributed by atoms with Crippen LogP contribution in [0, 0.1) is 0 Å². The van der Waals surface area contributed by atoms with Crippen molar-refractivity contribution in [1.82, 2.24) is 10.5 Å². The first-order valence-corrected chi connectivity index (χ1v) is 9.21. The van der Waals surface area contributed by atoms with Gasteiger partial charge in [-0.15, -0.1) is 11.3 Å². The van der Waals surface area contributed by atoms with Gasteiger partial charge in [0, 0.05) is 10.4 Å². The molecule has 0 saturated heterocycles. The van der Waals surface area contributed by atoms with Gasteiger partial charge >= 0.3 is 0 Å². The molecule has 1 N–H and O–H groups in total. The van der Waals surface area contributed by atoms with Crippen LogP contribution in [-0.4, -0.2) is 10.9 Å². The first-order chi connectivity index (χ1) is 12.7. The number of aromatic nitrogens is 1. The molecule has 3 aromatic rings. The van der Waals surface area contributed by atoms with E-state index in [9.17, 15) is 4.79 Å². The second-order valence-electron chi connectivity index (χ2n) is 5.45. The summed E-state index contributed by atoms with van der Waals surface area (Å²) in [5.41, 5.74) is 4.11. The Labute approximate surface area is 160 Å². The van der Waals surface area contributed by atoms with Gasteiger partial charge in [-0.25, -0.2) is 10.5 Å². The lowest BCUT2D eigenvalue weighted by atomic mass is 10.2. The highest BCUT2D eigenvalue weighted by Crippen LogP contribution is 2.18. The molecule has 0 bridgehead atoms. The molecule has 0 fully saturated rings. The van der Waals surface area contributed by atoms with E-state index >= 15 is 0 Å². The van der Waals surface area contributed by atoms with Gasteiger partial charge in [-0.3, -0.25) is 9.63 Å². The van der Waals surface area contributed by atoms with Crippen LogP contribution in [0.4, 0.5) is 0 Å². The van der Waals surface area contributed by atoms with Crippen molar-refractivity contribution in [2.45, 2.75) is 19.6 Å². The molecule has 1 amide bonds. The van der Waals surface area contributed by atoms with Crippen LogP contribution in [0.2, 0.25) is 5.02 Å². The zero-order chi connectivity index (χ0) is 18.2. The predicted molar refractivity (Wildman–Crippen MR) is 101 cm³/mol. The van der Waals surface area contributed by atoms with Gasteiger partial charge in [0.05, 0.1) is 18.7 Å². The van der Waals surface area contributed by atoms with E-state index in [1.54, 1.807) is 24.3 Å². The molecule has 1 aromatic heterocycles. The second kappa shape index (κ2) is 9.33. The molecule has 7 heteroatoms. The lowest BCUT2D eigenvalue weighted by Gasteiger charge is -2.05. The molecule has 2 aromatic carbocycles. The number of amides is 1. The minimum absolute atomic E-state index is 0.159. The minimum atomic E-state index is -0.239. The van der Waals surface area contributed by atoms with Crippen LogP contribution in [0.25, 0.3) is 0 Å². The van der Waals surface area contributed by atoms with Crippen LogP contribution < -0.4 is 10.2 Å². The molecule has 0 aliphatic rings. The Hall–Kier alpha value is -2.41. The van der Waals surface area contributed by atoms with Crippen molar-refractivity contribution in [1.29, 1.82) is 0 Å². The number of hydrogen-bond acceptors (Lipinski definition) is 5.